The number of H-pyrrole nitrogens is 1. The first-order valence-electron chi connectivity index (χ1n) is 4.69. The maximum atomic E-state index is 11.0. The summed E-state index contributed by atoms with van der Waals surface area (Å²) in [5.74, 6) is -0.290. The van der Waals surface area contributed by atoms with Gasteiger partial charge in [0.15, 0.2) is 11.3 Å². The molecule has 0 radical (unpaired) electrons. The van der Waals surface area contributed by atoms with E-state index in [0.717, 1.165) is 0 Å². The molecule has 2 rings (SSSR count). The second-order valence-corrected chi connectivity index (χ2v) is 3.29. The molecule has 84 valence electrons. The molecular formula is C9H10N4O3. The van der Waals surface area contributed by atoms with Crippen LogP contribution in [0.3, 0.4) is 0 Å². The summed E-state index contributed by atoms with van der Waals surface area (Å²) in [7, 11) is 0. The minimum absolute atomic E-state index is 0.117. The second-order valence-electron chi connectivity index (χ2n) is 3.29. The topological polar surface area (TPSA) is 112 Å². The number of carbonyl (C=O) groups is 1. The molecule has 2 heterocycles. The number of aliphatic hydroxyl groups is 1. The Labute approximate surface area is 90.2 Å². The van der Waals surface area contributed by atoms with Gasteiger partial charge in [-0.1, -0.05) is 0 Å². The van der Waals surface area contributed by atoms with Crippen LogP contribution in [0.4, 0.5) is 0 Å². The first-order chi connectivity index (χ1) is 7.61. The van der Waals surface area contributed by atoms with Crippen LogP contribution in [0.2, 0.25) is 0 Å². The van der Waals surface area contributed by atoms with Crippen LogP contribution in [-0.2, 0) is 6.42 Å². The maximum absolute atomic E-state index is 11.0. The third-order valence-electron chi connectivity index (χ3n) is 2.05. The summed E-state index contributed by atoms with van der Waals surface area (Å²) >= 11 is 0. The first kappa shape index (κ1) is 10.5. The van der Waals surface area contributed by atoms with Crippen LogP contribution in [0.1, 0.15) is 22.1 Å². The van der Waals surface area contributed by atoms with E-state index in [0.29, 0.717) is 17.0 Å². The zero-order chi connectivity index (χ0) is 11.7. The molecule has 0 aromatic carbocycles. The van der Waals surface area contributed by atoms with E-state index in [4.69, 9.17) is 10.2 Å². The average Bonchev–Trinajstić information content (AvgIpc) is 2.57. The van der Waals surface area contributed by atoms with Gasteiger partial charge in [-0.2, -0.15) is 0 Å². The van der Waals surface area contributed by atoms with Crippen molar-refractivity contribution in [1.29, 1.82) is 0 Å². The molecule has 7 heteroatoms. The van der Waals surface area contributed by atoms with Crippen LogP contribution in [0.5, 0.6) is 0 Å². The summed E-state index contributed by atoms with van der Waals surface area (Å²) in [6.45, 7) is 1.58. The summed E-state index contributed by atoms with van der Waals surface area (Å²) in [5.41, 5.74) is 0.508. The summed E-state index contributed by atoms with van der Waals surface area (Å²) in [6.07, 6.45) is 0.210. The molecule has 0 spiro atoms. The van der Waals surface area contributed by atoms with Crippen molar-refractivity contribution in [2.75, 3.05) is 6.61 Å². The van der Waals surface area contributed by atoms with Gasteiger partial charge in [0.1, 0.15) is 17.2 Å². The van der Waals surface area contributed by atoms with Crippen LogP contribution in [0.15, 0.2) is 0 Å². The number of aryl methyl sites for hydroxylation is 1. The van der Waals surface area contributed by atoms with Gasteiger partial charge in [0.2, 0.25) is 0 Å². The van der Waals surface area contributed by atoms with Crippen LogP contribution < -0.4 is 0 Å². The highest BCUT2D eigenvalue weighted by Gasteiger charge is 2.16. The molecule has 0 amide bonds. The average molecular weight is 222 g/mol. The third-order valence-corrected chi connectivity index (χ3v) is 2.05. The van der Waals surface area contributed by atoms with Crippen molar-refractivity contribution in [2.24, 2.45) is 0 Å². The van der Waals surface area contributed by atoms with Gasteiger partial charge in [0.05, 0.1) is 6.61 Å². The largest absolute Gasteiger partial charge is 0.476 e. The number of aromatic carboxylic acids is 1. The van der Waals surface area contributed by atoms with E-state index in [2.05, 4.69) is 19.9 Å². The lowest BCUT2D eigenvalue weighted by Crippen LogP contribution is -2.08. The number of aromatic nitrogens is 4. The summed E-state index contributed by atoms with van der Waals surface area (Å²) in [6, 6.07) is 0. The first-order valence-corrected chi connectivity index (χ1v) is 4.69. The quantitative estimate of drug-likeness (QED) is 0.668. The van der Waals surface area contributed by atoms with Gasteiger partial charge in [0, 0.05) is 6.42 Å². The highest BCUT2D eigenvalue weighted by Crippen LogP contribution is 2.13. The Morgan fingerprint density at radius 1 is 1.38 bits per heavy atom. The summed E-state index contributed by atoms with van der Waals surface area (Å²) < 4.78 is 0. The van der Waals surface area contributed by atoms with Crippen molar-refractivity contribution >= 4 is 17.1 Å². The number of nitrogens with zero attached hydrogens (tertiary/aromatic N) is 3. The molecule has 16 heavy (non-hydrogen) atoms. The number of rotatable bonds is 3. The number of aromatic amines is 1. The van der Waals surface area contributed by atoms with E-state index in [1.807, 2.05) is 0 Å². The molecule has 0 aliphatic heterocycles. The Hall–Kier alpha value is -2.02. The van der Waals surface area contributed by atoms with Gasteiger partial charge in [-0.25, -0.2) is 19.7 Å². The lowest BCUT2D eigenvalue weighted by atomic mass is 10.3. The Morgan fingerprint density at radius 2 is 2.12 bits per heavy atom. The van der Waals surface area contributed by atoms with E-state index in [-0.39, 0.29) is 24.5 Å². The molecule has 0 saturated carbocycles. The van der Waals surface area contributed by atoms with Crippen molar-refractivity contribution in [2.45, 2.75) is 13.3 Å². The number of fused-ring (bicyclic) bond motifs is 1. The molecule has 0 saturated heterocycles. The normalized spacial score (nSPS) is 10.9. The van der Waals surface area contributed by atoms with Crippen molar-refractivity contribution in [3.05, 3.63) is 17.3 Å². The Balaban J connectivity index is 2.67. The lowest BCUT2D eigenvalue weighted by molar-refractivity contribution is 0.0692. The van der Waals surface area contributed by atoms with Crippen molar-refractivity contribution < 1.29 is 15.0 Å². The SMILES string of the molecule is Cc1nc2nc(CCO)nc(C(=O)O)c2[nH]1. The zero-order valence-electron chi connectivity index (χ0n) is 8.56. The fraction of sp³-hybridized carbons (Fsp3) is 0.333. The van der Waals surface area contributed by atoms with Gasteiger partial charge in [-0.15, -0.1) is 0 Å². The number of hydrogen-bond donors (Lipinski definition) is 3. The molecular weight excluding hydrogens is 212 g/mol. The summed E-state index contributed by atoms with van der Waals surface area (Å²) in [5, 5.41) is 17.8. The number of imidazole rings is 1. The number of aliphatic hydroxyl groups excluding tert-OH is 1. The van der Waals surface area contributed by atoms with Gasteiger partial charge >= 0.3 is 5.97 Å². The van der Waals surface area contributed by atoms with E-state index in [1.54, 1.807) is 6.92 Å². The minimum atomic E-state index is -1.14. The Bertz CT molecular complexity index is 549. The Kier molecular flexibility index (Phi) is 2.53. The monoisotopic (exact) mass is 222 g/mol. The fourth-order valence-corrected chi connectivity index (χ4v) is 1.42. The third kappa shape index (κ3) is 1.72. The minimum Gasteiger partial charge on any atom is -0.476 e. The van der Waals surface area contributed by atoms with Crippen molar-refractivity contribution in [3.8, 4) is 0 Å². The molecule has 7 nitrogen and oxygen atoms in total. The predicted octanol–water partition coefficient (Wildman–Crippen LogP) is -0.106. The fourth-order valence-electron chi connectivity index (χ4n) is 1.42. The molecule has 0 aliphatic rings. The highest BCUT2D eigenvalue weighted by atomic mass is 16.4. The van der Waals surface area contributed by atoms with Crippen molar-refractivity contribution in [3.63, 3.8) is 0 Å². The highest BCUT2D eigenvalue weighted by molar-refractivity contribution is 5.97. The standard InChI is InChI=1S/C9H10N4O3/c1-4-10-6-7(9(15)16)12-5(2-3-14)13-8(6)11-4/h14H,2-3H2,1H3,(H,15,16)(H,10,11,12,13). The molecule has 2 aromatic rings. The summed E-state index contributed by atoms with van der Waals surface area (Å²) in [4.78, 5) is 25.7. The number of nitrogens with one attached hydrogen (secondary N) is 1. The van der Waals surface area contributed by atoms with E-state index < -0.39 is 5.97 Å². The second kappa shape index (κ2) is 3.86. The number of hydrogen-bond acceptors (Lipinski definition) is 5. The molecule has 0 aliphatic carbocycles. The van der Waals surface area contributed by atoms with E-state index >= 15 is 0 Å². The molecule has 3 N–H and O–H groups in total. The smallest absolute Gasteiger partial charge is 0.356 e. The molecule has 0 unspecified atom stereocenters. The molecule has 2 aromatic heterocycles. The van der Waals surface area contributed by atoms with E-state index in [9.17, 15) is 4.79 Å². The van der Waals surface area contributed by atoms with E-state index in [1.165, 1.54) is 0 Å². The van der Waals surface area contributed by atoms with Gasteiger partial charge < -0.3 is 15.2 Å². The van der Waals surface area contributed by atoms with Gasteiger partial charge in [-0.3, -0.25) is 0 Å². The Morgan fingerprint density at radius 3 is 2.75 bits per heavy atom. The molecule has 0 atom stereocenters. The number of carboxylic acids is 1. The van der Waals surface area contributed by atoms with Crippen LogP contribution in [0.25, 0.3) is 11.2 Å². The van der Waals surface area contributed by atoms with Gasteiger partial charge in [-0.05, 0) is 6.92 Å². The number of carboxylic acid groups (broad SMARTS) is 1. The van der Waals surface area contributed by atoms with Crippen LogP contribution >= 0.6 is 0 Å². The zero-order valence-corrected chi connectivity index (χ0v) is 8.56. The van der Waals surface area contributed by atoms with Gasteiger partial charge in [0.25, 0.3) is 0 Å². The maximum Gasteiger partial charge on any atom is 0.356 e. The van der Waals surface area contributed by atoms with Crippen LogP contribution in [0, 0.1) is 6.92 Å². The van der Waals surface area contributed by atoms with Crippen molar-refractivity contribution in [1.82, 2.24) is 19.9 Å². The lowest BCUT2D eigenvalue weighted by Gasteiger charge is -1.99. The van der Waals surface area contributed by atoms with Crippen LogP contribution in [-0.4, -0.2) is 42.7 Å². The molecule has 0 fully saturated rings. The predicted molar refractivity (Wildman–Crippen MR) is 54.2 cm³/mol. The molecule has 0 bridgehead atoms.